The normalized spacial score (nSPS) is 16.6. The van der Waals surface area contributed by atoms with Crippen LogP contribution in [0.25, 0.3) is 5.78 Å². The summed E-state index contributed by atoms with van der Waals surface area (Å²) in [5, 5.41) is 6.56. The van der Waals surface area contributed by atoms with Gasteiger partial charge in [-0.2, -0.15) is 19.4 Å². The Kier molecular flexibility index (Phi) is 8.25. The summed E-state index contributed by atoms with van der Waals surface area (Å²) in [7, 11) is -4.41. The second-order valence-corrected chi connectivity index (χ2v) is 11.2. The van der Waals surface area contributed by atoms with Crippen molar-refractivity contribution in [2.45, 2.75) is 30.2 Å². The lowest BCUT2D eigenvalue weighted by atomic mass is 10.1. The molecule has 1 N–H and O–H groups in total. The van der Waals surface area contributed by atoms with Gasteiger partial charge in [0.05, 0.1) is 4.90 Å². The van der Waals surface area contributed by atoms with E-state index in [0.717, 1.165) is 40.7 Å². The van der Waals surface area contributed by atoms with Crippen molar-refractivity contribution in [3.05, 3.63) is 72.7 Å². The summed E-state index contributed by atoms with van der Waals surface area (Å²) in [5.41, 5.74) is 0.397. The molecule has 2 aromatic heterocycles. The maximum absolute atomic E-state index is 13.6. The molecule has 1 fully saturated rings. The van der Waals surface area contributed by atoms with Gasteiger partial charge in [0, 0.05) is 32.4 Å². The molecule has 1 saturated heterocycles. The van der Waals surface area contributed by atoms with Gasteiger partial charge in [0.25, 0.3) is 5.78 Å². The van der Waals surface area contributed by atoms with Crippen molar-refractivity contribution in [3.63, 3.8) is 0 Å². The molecule has 19 heteroatoms. The van der Waals surface area contributed by atoms with Crippen LogP contribution in [0, 0.1) is 0 Å². The number of sulfonamides is 1. The maximum Gasteiger partial charge on any atom is 0.573 e. The van der Waals surface area contributed by atoms with E-state index in [2.05, 4.69) is 29.9 Å². The Morgan fingerprint density at radius 3 is 2.14 bits per heavy atom. The first-order valence-corrected chi connectivity index (χ1v) is 14.0. The number of halogens is 6. The molecule has 4 aromatic rings. The minimum Gasteiger partial charge on any atom is -0.406 e. The molecule has 1 amide bonds. The first-order chi connectivity index (χ1) is 20.7. The van der Waals surface area contributed by atoms with Crippen molar-refractivity contribution in [2.24, 2.45) is 0 Å². The molecular weight excluding hydrogens is 624 g/mol. The Labute approximate surface area is 244 Å². The number of ether oxygens (including phenoxy) is 2. The highest BCUT2D eigenvalue weighted by Crippen LogP contribution is 2.28. The number of nitrogens with one attached hydrogen (secondary N) is 1. The van der Waals surface area contributed by atoms with Gasteiger partial charge in [-0.1, -0.05) is 12.1 Å². The average molecular weight is 646 g/mol. The van der Waals surface area contributed by atoms with Gasteiger partial charge in [-0.05, 0) is 48.0 Å². The summed E-state index contributed by atoms with van der Waals surface area (Å²) in [6.45, 7) is -0.445. The van der Waals surface area contributed by atoms with Crippen molar-refractivity contribution in [3.8, 4) is 11.5 Å². The van der Waals surface area contributed by atoms with Crippen molar-refractivity contribution >= 4 is 27.5 Å². The maximum atomic E-state index is 13.6. The topological polar surface area (TPSA) is 131 Å². The molecule has 0 aliphatic carbocycles. The number of carbonyl (C=O) groups excluding carboxylic acids is 1. The molecule has 5 rings (SSSR count). The number of rotatable bonds is 8. The summed E-state index contributed by atoms with van der Waals surface area (Å²) < 4.78 is 112. The van der Waals surface area contributed by atoms with E-state index in [0.29, 0.717) is 11.4 Å². The Morgan fingerprint density at radius 2 is 1.52 bits per heavy atom. The number of nitrogens with zero attached hydrogens (tertiary/aromatic N) is 6. The average Bonchev–Trinajstić information content (AvgIpc) is 3.43. The van der Waals surface area contributed by atoms with Gasteiger partial charge in [-0.3, -0.25) is 4.79 Å². The van der Waals surface area contributed by atoms with Gasteiger partial charge >= 0.3 is 12.7 Å². The van der Waals surface area contributed by atoms with Crippen LogP contribution in [0.1, 0.15) is 5.56 Å². The molecule has 1 aliphatic rings. The number of alkyl halides is 6. The van der Waals surface area contributed by atoms with Crippen LogP contribution in [0.15, 0.2) is 72.0 Å². The zero-order valence-corrected chi connectivity index (χ0v) is 23.0. The van der Waals surface area contributed by atoms with Gasteiger partial charge < -0.3 is 19.7 Å². The van der Waals surface area contributed by atoms with Crippen molar-refractivity contribution in [1.29, 1.82) is 0 Å². The molecule has 3 heterocycles. The molecular formula is C25H21F6N7O5S. The SMILES string of the molecule is O=C(NCc1ccc(OC(F)(F)F)cc1)[C@H]1CN(c2ccn3ncnc3n2)CCN1S(=O)(=O)c1ccc(OC(F)(F)F)cc1. The minimum atomic E-state index is -4.98. The van der Waals surface area contributed by atoms with Crippen LogP contribution in [0.2, 0.25) is 0 Å². The second-order valence-electron chi connectivity index (χ2n) is 9.30. The Hall–Kier alpha value is -4.65. The molecule has 2 aromatic carbocycles. The van der Waals surface area contributed by atoms with E-state index < -0.39 is 46.2 Å². The number of hydrogen-bond acceptors (Lipinski definition) is 9. The van der Waals surface area contributed by atoms with Crippen molar-refractivity contribution in [1.82, 2.24) is 29.2 Å². The quantitative estimate of drug-likeness (QED) is 0.287. The molecule has 1 aliphatic heterocycles. The summed E-state index contributed by atoms with van der Waals surface area (Å²) in [6.07, 6.45) is -6.98. The third-order valence-corrected chi connectivity index (χ3v) is 8.30. The predicted octanol–water partition coefficient (Wildman–Crippen LogP) is 3.12. The monoisotopic (exact) mass is 645 g/mol. The predicted molar refractivity (Wildman–Crippen MR) is 139 cm³/mol. The molecule has 0 unspecified atom stereocenters. The van der Waals surface area contributed by atoms with E-state index >= 15 is 0 Å². The second kappa shape index (κ2) is 11.8. The molecule has 234 valence electrons. The van der Waals surface area contributed by atoms with E-state index in [-0.39, 0.29) is 36.9 Å². The number of carbonyl (C=O) groups is 1. The number of fused-ring (bicyclic) bond motifs is 1. The summed E-state index contributed by atoms with van der Waals surface area (Å²) in [5.74, 6) is -1.19. The zero-order chi connectivity index (χ0) is 31.7. The number of anilines is 1. The van der Waals surface area contributed by atoms with Gasteiger partial charge in [0.1, 0.15) is 29.7 Å². The molecule has 12 nitrogen and oxygen atoms in total. The van der Waals surface area contributed by atoms with E-state index in [9.17, 15) is 39.6 Å². The molecule has 0 saturated carbocycles. The van der Waals surface area contributed by atoms with Gasteiger partial charge in [-0.25, -0.2) is 12.9 Å². The van der Waals surface area contributed by atoms with Gasteiger partial charge in [0.15, 0.2) is 0 Å². The van der Waals surface area contributed by atoms with Gasteiger partial charge in [0.2, 0.25) is 15.9 Å². The fourth-order valence-electron chi connectivity index (χ4n) is 4.42. The van der Waals surface area contributed by atoms with E-state index in [1.165, 1.54) is 23.0 Å². The lowest BCUT2D eigenvalue weighted by molar-refractivity contribution is -0.275. The van der Waals surface area contributed by atoms with Crippen LogP contribution >= 0.6 is 0 Å². The van der Waals surface area contributed by atoms with Crippen LogP contribution in [0.4, 0.5) is 32.2 Å². The van der Waals surface area contributed by atoms with Crippen LogP contribution in [0.5, 0.6) is 11.5 Å². The van der Waals surface area contributed by atoms with Crippen LogP contribution < -0.4 is 19.7 Å². The first kappa shape index (κ1) is 30.8. The Balaban J connectivity index is 1.37. The van der Waals surface area contributed by atoms with Crippen molar-refractivity contribution < 1.29 is 49.0 Å². The molecule has 0 spiro atoms. The highest BCUT2D eigenvalue weighted by Gasteiger charge is 2.41. The minimum absolute atomic E-state index is 0.0935. The molecule has 44 heavy (non-hydrogen) atoms. The summed E-state index contributed by atoms with van der Waals surface area (Å²) in [6, 6.07) is 8.53. The zero-order valence-electron chi connectivity index (χ0n) is 22.2. The largest absolute Gasteiger partial charge is 0.573 e. The number of piperazine rings is 1. The molecule has 0 bridgehead atoms. The summed E-state index contributed by atoms with van der Waals surface area (Å²) >= 11 is 0. The lowest BCUT2D eigenvalue weighted by Crippen LogP contribution is -2.60. The number of aromatic nitrogens is 4. The Bertz CT molecular complexity index is 1730. The van der Waals surface area contributed by atoms with E-state index in [1.54, 1.807) is 17.2 Å². The molecule has 1 atom stereocenters. The van der Waals surface area contributed by atoms with Crippen LogP contribution in [0.3, 0.4) is 0 Å². The highest BCUT2D eigenvalue weighted by atomic mass is 32.2. The van der Waals surface area contributed by atoms with E-state index in [1.807, 2.05) is 0 Å². The van der Waals surface area contributed by atoms with Crippen LogP contribution in [-0.2, 0) is 21.4 Å². The fourth-order valence-corrected chi connectivity index (χ4v) is 5.99. The summed E-state index contributed by atoms with van der Waals surface area (Å²) in [4.78, 5) is 23.2. The van der Waals surface area contributed by atoms with Crippen LogP contribution in [-0.4, -0.2) is 76.6 Å². The third kappa shape index (κ3) is 7.28. The highest BCUT2D eigenvalue weighted by molar-refractivity contribution is 7.89. The molecule has 0 radical (unpaired) electrons. The number of benzene rings is 2. The first-order valence-electron chi connectivity index (χ1n) is 12.6. The standard InChI is InChI=1S/C25H21F6N7O5S/c26-24(27,28)42-17-3-1-16(2-4-17)13-32-22(39)20-14-36(21-9-10-37-23(35-21)33-15-34-37)11-12-38(20)44(40,41)19-7-5-18(6-8-19)43-25(29,30)31/h1-10,15,20H,11-14H2,(H,32,39)/t20-/m1/s1. The van der Waals surface area contributed by atoms with Gasteiger partial charge in [-0.15, -0.1) is 26.3 Å². The number of amides is 1. The number of hydrogen-bond donors (Lipinski definition) is 1. The third-order valence-electron chi connectivity index (χ3n) is 6.38. The smallest absolute Gasteiger partial charge is 0.406 e. The Morgan fingerprint density at radius 1 is 0.909 bits per heavy atom. The van der Waals surface area contributed by atoms with E-state index in [4.69, 9.17) is 0 Å². The lowest BCUT2D eigenvalue weighted by Gasteiger charge is -2.40. The fraction of sp³-hybridized carbons (Fsp3) is 0.280. The van der Waals surface area contributed by atoms with Crippen molar-refractivity contribution in [2.75, 3.05) is 24.5 Å².